The standard InChI is InChI=1S/C32H64N2O3/c1-3-5-7-9-11-13-15-17-19-21-23-25-27-29-31-33(35)32(34(36)37)30-28-26-24-22-20-18-16-14-12-10-8-6-4-2/h3-31H2,1-2H3. The van der Waals surface area contributed by atoms with Gasteiger partial charge in [-0.05, 0) is 12.8 Å². The zero-order chi connectivity index (χ0) is 27.2. The van der Waals surface area contributed by atoms with Gasteiger partial charge in [-0.25, -0.2) is 0 Å². The van der Waals surface area contributed by atoms with E-state index in [0.717, 1.165) is 38.5 Å². The molecule has 0 aromatic heterocycles. The monoisotopic (exact) mass is 524 g/mol. The van der Waals surface area contributed by atoms with Gasteiger partial charge < -0.3 is 5.21 Å². The average molecular weight is 525 g/mol. The minimum absolute atomic E-state index is 0.127. The fraction of sp³-hybridized carbons (Fsp3) is 0.969. The molecule has 37 heavy (non-hydrogen) atoms. The molecule has 220 valence electrons. The number of hydroxylamine groups is 1. The van der Waals surface area contributed by atoms with Gasteiger partial charge in [0.1, 0.15) is 11.3 Å². The fourth-order valence-corrected chi connectivity index (χ4v) is 5.19. The van der Waals surface area contributed by atoms with E-state index in [2.05, 4.69) is 13.8 Å². The first-order valence-corrected chi connectivity index (χ1v) is 16.6. The summed E-state index contributed by atoms with van der Waals surface area (Å²) in [6.45, 7) is 4.79. The maximum atomic E-state index is 12.3. The molecule has 0 rings (SSSR count). The van der Waals surface area contributed by atoms with E-state index >= 15 is 0 Å². The van der Waals surface area contributed by atoms with Crippen LogP contribution in [-0.2, 0) is 0 Å². The Morgan fingerprint density at radius 3 is 1.00 bits per heavy atom. The highest BCUT2D eigenvalue weighted by molar-refractivity contribution is 5.68. The number of rotatable bonds is 29. The van der Waals surface area contributed by atoms with Gasteiger partial charge in [-0.15, -0.1) is 4.74 Å². The van der Waals surface area contributed by atoms with Crippen molar-refractivity contribution in [2.45, 2.75) is 194 Å². The predicted octanol–water partition coefficient (Wildman–Crippen LogP) is 11.1. The number of amidine groups is 1. The molecule has 0 spiro atoms. The fourth-order valence-electron chi connectivity index (χ4n) is 5.19. The smallest absolute Gasteiger partial charge is 0.481 e. The molecule has 0 aliphatic carbocycles. The van der Waals surface area contributed by atoms with Gasteiger partial charge in [0.25, 0.3) is 0 Å². The summed E-state index contributed by atoms with van der Waals surface area (Å²) in [5.74, 6) is -0.127. The van der Waals surface area contributed by atoms with Gasteiger partial charge in [0.2, 0.25) is 0 Å². The van der Waals surface area contributed by atoms with Crippen LogP contribution in [0.15, 0.2) is 0 Å². The van der Waals surface area contributed by atoms with Crippen molar-refractivity contribution >= 4 is 5.84 Å². The highest BCUT2D eigenvalue weighted by atomic mass is 16.6. The second kappa shape index (κ2) is 29.4. The second-order valence-corrected chi connectivity index (χ2v) is 11.4. The van der Waals surface area contributed by atoms with Crippen molar-refractivity contribution in [3.05, 3.63) is 15.3 Å². The third-order valence-electron chi connectivity index (χ3n) is 7.72. The van der Waals surface area contributed by atoms with Crippen LogP contribution in [0.1, 0.15) is 194 Å². The summed E-state index contributed by atoms with van der Waals surface area (Å²) < 4.78 is 0.668. The van der Waals surface area contributed by atoms with E-state index in [0.29, 0.717) is 11.2 Å². The van der Waals surface area contributed by atoms with Crippen LogP contribution in [0.3, 0.4) is 0 Å². The Kier molecular flexibility index (Phi) is 28.5. The Balaban J connectivity index is 3.64. The molecule has 0 atom stereocenters. The van der Waals surface area contributed by atoms with Crippen molar-refractivity contribution in [3.8, 4) is 0 Å². The molecule has 0 unspecified atom stereocenters. The summed E-state index contributed by atoms with van der Waals surface area (Å²) in [6, 6.07) is 0. The number of hydrogen-bond acceptors (Lipinski definition) is 3. The van der Waals surface area contributed by atoms with Crippen LogP contribution in [-0.4, -0.2) is 22.0 Å². The van der Waals surface area contributed by atoms with Crippen molar-refractivity contribution in [1.82, 2.24) is 0 Å². The predicted molar refractivity (Wildman–Crippen MR) is 161 cm³/mol. The van der Waals surface area contributed by atoms with Gasteiger partial charge in [-0.3, -0.25) is 10.1 Å². The highest BCUT2D eigenvalue weighted by Gasteiger charge is 2.22. The summed E-state index contributed by atoms with van der Waals surface area (Å²) in [4.78, 5) is 10.9. The normalized spacial score (nSPS) is 12.2. The molecular weight excluding hydrogens is 460 g/mol. The first-order valence-electron chi connectivity index (χ1n) is 16.6. The molecule has 0 N–H and O–H groups in total. The average Bonchev–Trinajstić information content (AvgIpc) is 2.88. The van der Waals surface area contributed by atoms with Gasteiger partial charge in [0.05, 0.1) is 0 Å². The highest BCUT2D eigenvalue weighted by Crippen LogP contribution is 2.14. The molecule has 0 amide bonds. The summed E-state index contributed by atoms with van der Waals surface area (Å²) in [7, 11) is 0. The van der Waals surface area contributed by atoms with Crippen LogP contribution >= 0.6 is 0 Å². The second-order valence-electron chi connectivity index (χ2n) is 11.4. The number of hydrogen-bond donors (Lipinski definition) is 0. The SMILES string of the molecule is CCCCCCCCCCCCCCCC[N+]([O-])=C(CCCCCCCCCCCCCCC)[N+](=O)[O-]. The van der Waals surface area contributed by atoms with Crippen LogP contribution in [0.4, 0.5) is 0 Å². The van der Waals surface area contributed by atoms with Gasteiger partial charge >= 0.3 is 5.84 Å². The van der Waals surface area contributed by atoms with E-state index in [1.54, 1.807) is 0 Å². The first-order chi connectivity index (χ1) is 18.1. The molecule has 0 aromatic carbocycles. The summed E-state index contributed by atoms with van der Waals surface area (Å²) in [5, 5.41) is 23.7. The van der Waals surface area contributed by atoms with Crippen molar-refractivity contribution in [3.63, 3.8) is 0 Å². The summed E-state index contributed by atoms with van der Waals surface area (Å²) in [5.41, 5.74) is 0. The number of nitrogens with zero attached hydrogens (tertiary/aromatic N) is 2. The molecular formula is C32H64N2O3. The zero-order valence-corrected chi connectivity index (χ0v) is 25.1. The van der Waals surface area contributed by atoms with Gasteiger partial charge in [-0.1, -0.05) is 168 Å². The third-order valence-corrected chi connectivity index (χ3v) is 7.72. The van der Waals surface area contributed by atoms with E-state index in [1.807, 2.05) is 0 Å². The van der Waals surface area contributed by atoms with E-state index in [-0.39, 0.29) is 12.4 Å². The lowest BCUT2D eigenvalue weighted by Crippen LogP contribution is -2.24. The lowest BCUT2D eigenvalue weighted by atomic mass is 10.0. The maximum Gasteiger partial charge on any atom is 0.481 e. The molecule has 0 heterocycles. The zero-order valence-electron chi connectivity index (χ0n) is 25.1. The molecule has 0 saturated heterocycles. The molecule has 0 radical (unpaired) electrons. The van der Waals surface area contributed by atoms with Crippen molar-refractivity contribution in [1.29, 1.82) is 0 Å². The topological polar surface area (TPSA) is 69.2 Å². The molecule has 0 bridgehead atoms. The van der Waals surface area contributed by atoms with Crippen LogP contribution in [0.25, 0.3) is 0 Å². The quantitative estimate of drug-likeness (QED) is 0.0186. The van der Waals surface area contributed by atoms with Crippen LogP contribution in [0, 0.1) is 15.3 Å². The Morgan fingerprint density at radius 1 is 0.432 bits per heavy atom. The van der Waals surface area contributed by atoms with Crippen LogP contribution in [0.2, 0.25) is 0 Å². The van der Waals surface area contributed by atoms with E-state index in [1.165, 1.54) is 135 Å². The molecule has 0 aromatic rings. The summed E-state index contributed by atoms with van der Waals surface area (Å²) in [6.07, 6.45) is 34.3. The van der Waals surface area contributed by atoms with Crippen LogP contribution in [0.5, 0.6) is 0 Å². The van der Waals surface area contributed by atoms with Crippen molar-refractivity contribution in [2.75, 3.05) is 6.54 Å². The minimum Gasteiger partial charge on any atom is -0.619 e. The van der Waals surface area contributed by atoms with Gasteiger partial charge in [-0.2, -0.15) is 0 Å². The van der Waals surface area contributed by atoms with E-state index in [9.17, 15) is 15.3 Å². The Labute approximate surface area is 231 Å². The Bertz CT molecular complexity index is 522. The molecule has 0 aliphatic heterocycles. The minimum atomic E-state index is -0.447. The lowest BCUT2D eigenvalue weighted by molar-refractivity contribution is -0.527. The molecule has 0 aliphatic rings. The summed E-state index contributed by atoms with van der Waals surface area (Å²) >= 11 is 0. The third kappa shape index (κ3) is 26.3. The number of unbranched alkanes of at least 4 members (excludes halogenated alkanes) is 25. The van der Waals surface area contributed by atoms with Gasteiger partial charge in [0.15, 0.2) is 6.54 Å². The van der Waals surface area contributed by atoms with Crippen LogP contribution < -0.4 is 0 Å². The van der Waals surface area contributed by atoms with Crippen molar-refractivity contribution < 1.29 is 9.66 Å². The Hall–Kier alpha value is -1.13. The number of nitro groups is 1. The lowest BCUT2D eigenvalue weighted by Gasteiger charge is -2.06. The molecule has 0 fully saturated rings. The molecule has 0 saturated carbocycles. The van der Waals surface area contributed by atoms with Crippen molar-refractivity contribution in [2.24, 2.45) is 0 Å². The Morgan fingerprint density at radius 2 is 0.703 bits per heavy atom. The molecule has 5 nitrogen and oxygen atoms in total. The van der Waals surface area contributed by atoms with E-state index < -0.39 is 4.92 Å². The molecule has 5 heteroatoms. The van der Waals surface area contributed by atoms with Gasteiger partial charge in [0, 0.05) is 6.42 Å². The van der Waals surface area contributed by atoms with E-state index in [4.69, 9.17) is 0 Å². The first kappa shape index (κ1) is 35.9. The maximum absolute atomic E-state index is 12.3. The largest absolute Gasteiger partial charge is 0.619 e.